The summed E-state index contributed by atoms with van der Waals surface area (Å²) in [5.41, 5.74) is -0.400. The Morgan fingerprint density at radius 2 is 2.09 bits per heavy atom. The largest absolute Gasteiger partial charge is 0.506 e. The SMILES string of the molecule is Cc1ccc([C@](C)(O)CNC(=O)CCc2ccc(O)c(Cl)c2)o1. The van der Waals surface area contributed by atoms with Gasteiger partial charge in [-0.25, -0.2) is 0 Å². The maximum atomic E-state index is 11.9. The Morgan fingerprint density at radius 3 is 2.70 bits per heavy atom. The van der Waals surface area contributed by atoms with Gasteiger partial charge in [0.1, 0.15) is 22.9 Å². The predicted octanol–water partition coefficient (Wildman–Crippen LogP) is 2.90. The molecule has 0 saturated heterocycles. The van der Waals surface area contributed by atoms with E-state index in [1.165, 1.54) is 6.07 Å². The first-order chi connectivity index (χ1) is 10.8. The Kier molecular flexibility index (Phi) is 5.34. The highest BCUT2D eigenvalue weighted by Gasteiger charge is 2.27. The number of carbonyl (C=O) groups is 1. The second-order valence-electron chi connectivity index (χ2n) is 5.75. The van der Waals surface area contributed by atoms with E-state index in [0.717, 1.165) is 5.56 Å². The molecule has 124 valence electrons. The molecule has 2 rings (SSSR count). The highest BCUT2D eigenvalue weighted by molar-refractivity contribution is 6.32. The number of hydrogen-bond acceptors (Lipinski definition) is 4. The van der Waals surface area contributed by atoms with Crippen molar-refractivity contribution in [3.05, 3.63) is 52.4 Å². The summed E-state index contributed by atoms with van der Waals surface area (Å²) in [6.07, 6.45) is 0.752. The molecule has 0 spiro atoms. The summed E-state index contributed by atoms with van der Waals surface area (Å²) in [7, 11) is 0. The van der Waals surface area contributed by atoms with Crippen LogP contribution in [0.4, 0.5) is 0 Å². The molecule has 0 aliphatic rings. The first-order valence-corrected chi connectivity index (χ1v) is 7.69. The number of aryl methyl sites for hydroxylation is 2. The number of aliphatic hydroxyl groups is 1. The van der Waals surface area contributed by atoms with Crippen LogP contribution >= 0.6 is 11.6 Å². The molecule has 2 aromatic rings. The van der Waals surface area contributed by atoms with Gasteiger partial charge in [0, 0.05) is 6.42 Å². The fourth-order valence-corrected chi connectivity index (χ4v) is 2.34. The molecule has 0 aliphatic carbocycles. The molecule has 0 saturated carbocycles. The lowest BCUT2D eigenvalue weighted by molar-refractivity contribution is -0.122. The predicted molar refractivity (Wildman–Crippen MR) is 87.5 cm³/mol. The quantitative estimate of drug-likeness (QED) is 0.757. The molecule has 1 amide bonds. The van der Waals surface area contributed by atoms with Gasteiger partial charge in [0.2, 0.25) is 5.91 Å². The average Bonchev–Trinajstić information content (AvgIpc) is 2.94. The molecular weight excluding hydrogens is 318 g/mol. The van der Waals surface area contributed by atoms with Crippen molar-refractivity contribution in [1.82, 2.24) is 5.32 Å². The van der Waals surface area contributed by atoms with Crippen molar-refractivity contribution in [2.24, 2.45) is 0 Å². The van der Waals surface area contributed by atoms with Crippen LogP contribution in [0.15, 0.2) is 34.7 Å². The van der Waals surface area contributed by atoms with Gasteiger partial charge in [-0.1, -0.05) is 17.7 Å². The summed E-state index contributed by atoms with van der Waals surface area (Å²) in [5.74, 6) is 0.957. The zero-order valence-corrected chi connectivity index (χ0v) is 13.9. The average molecular weight is 338 g/mol. The third-order valence-corrected chi connectivity index (χ3v) is 3.86. The maximum Gasteiger partial charge on any atom is 0.220 e. The van der Waals surface area contributed by atoms with Crippen LogP contribution in [0.1, 0.15) is 30.4 Å². The number of furan rings is 1. The summed E-state index contributed by atoms with van der Waals surface area (Å²) in [4.78, 5) is 11.9. The van der Waals surface area contributed by atoms with E-state index >= 15 is 0 Å². The Hall–Kier alpha value is -1.98. The molecule has 0 radical (unpaired) electrons. The van der Waals surface area contributed by atoms with Crippen molar-refractivity contribution in [2.75, 3.05) is 6.54 Å². The normalized spacial score (nSPS) is 13.6. The van der Waals surface area contributed by atoms with Gasteiger partial charge < -0.3 is 19.9 Å². The van der Waals surface area contributed by atoms with Gasteiger partial charge >= 0.3 is 0 Å². The molecule has 1 atom stereocenters. The van der Waals surface area contributed by atoms with Crippen molar-refractivity contribution in [3.8, 4) is 5.75 Å². The van der Waals surface area contributed by atoms with Crippen molar-refractivity contribution < 1.29 is 19.4 Å². The van der Waals surface area contributed by atoms with Crippen LogP contribution in [0.2, 0.25) is 5.02 Å². The van der Waals surface area contributed by atoms with Crippen LogP contribution in [-0.4, -0.2) is 22.7 Å². The summed E-state index contributed by atoms with van der Waals surface area (Å²) >= 11 is 5.83. The second kappa shape index (κ2) is 7.06. The van der Waals surface area contributed by atoms with Crippen LogP contribution in [0.5, 0.6) is 5.75 Å². The van der Waals surface area contributed by atoms with Crippen molar-refractivity contribution in [2.45, 2.75) is 32.3 Å². The van der Waals surface area contributed by atoms with Crippen molar-refractivity contribution in [1.29, 1.82) is 0 Å². The zero-order valence-electron chi connectivity index (χ0n) is 13.1. The Labute approximate surface area is 139 Å². The lowest BCUT2D eigenvalue weighted by Crippen LogP contribution is -2.38. The van der Waals surface area contributed by atoms with Gasteiger partial charge in [0.15, 0.2) is 0 Å². The fourth-order valence-electron chi connectivity index (χ4n) is 2.13. The van der Waals surface area contributed by atoms with E-state index in [9.17, 15) is 15.0 Å². The number of benzene rings is 1. The molecule has 1 aromatic heterocycles. The standard InChI is InChI=1S/C17H20ClNO4/c1-11-3-7-15(23-11)17(2,22)10-19-16(21)8-5-12-4-6-14(20)13(18)9-12/h3-4,6-7,9,20,22H,5,8,10H2,1-2H3,(H,19,21)/t17-/m1/s1. The first kappa shape index (κ1) is 17.4. The van der Waals surface area contributed by atoms with Crippen LogP contribution in [0.3, 0.4) is 0 Å². The van der Waals surface area contributed by atoms with E-state index < -0.39 is 5.60 Å². The monoisotopic (exact) mass is 337 g/mol. The minimum atomic E-state index is -1.26. The Morgan fingerprint density at radius 1 is 1.35 bits per heavy atom. The molecule has 0 aliphatic heterocycles. The Balaban J connectivity index is 1.84. The number of phenolic OH excluding ortho intramolecular Hbond substituents is 1. The zero-order chi connectivity index (χ0) is 17.0. The van der Waals surface area contributed by atoms with E-state index in [1.54, 1.807) is 38.1 Å². The summed E-state index contributed by atoms with van der Waals surface area (Å²) in [6, 6.07) is 8.31. The van der Waals surface area contributed by atoms with Crippen LogP contribution in [0.25, 0.3) is 0 Å². The summed E-state index contributed by atoms with van der Waals surface area (Å²) in [5, 5.41) is 22.7. The molecule has 1 heterocycles. The van der Waals surface area contributed by atoms with Crippen molar-refractivity contribution >= 4 is 17.5 Å². The fraction of sp³-hybridized carbons (Fsp3) is 0.353. The molecule has 6 heteroatoms. The maximum absolute atomic E-state index is 11.9. The lowest BCUT2D eigenvalue weighted by Gasteiger charge is -2.21. The van der Waals surface area contributed by atoms with Gasteiger partial charge in [0.05, 0.1) is 11.6 Å². The number of carbonyl (C=O) groups excluding carboxylic acids is 1. The second-order valence-corrected chi connectivity index (χ2v) is 6.15. The number of phenols is 1. The van der Waals surface area contributed by atoms with Gasteiger partial charge in [-0.15, -0.1) is 0 Å². The van der Waals surface area contributed by atoms with Crippen LogP contribution in [0, 0.1) is 6.92 Å². The Bertz CT molecular complexity index is 694. The van der Waals surface area contributed by atoms with Crippen molar-refractivity contribution in [3.63, 3.8) is 0 Å². The van der Waals surface area contributed by atoms with Gasteiger partial charge in [-0.2, -0.15) is 0 Å². The minimum absolute atomic E-state index is 0.0182. The van der Waals surface area contributed by atoms with E-state index in [-0.39, 0.29) is 29.6 Å². The number of rotatable bonds is 6. The third kappa shape index (κ3) is 4.74. The molecule has 1 aromatic carbocycles. The molecule has 5 nitrogen and oxygen atoms in total. The number of amides is 1. The number of aromatic hydroxyl groups is 1. The topological polar surface area (TPSA) is 82.7 Å². The van der Waals surface area contributed by atoms with E-state index in [1.807, 2.05) is 0 Å². The molecule has 23 heavy (non-hydrogen) atoms. The summed E-state index contributed by atoms with van der Waals surface area (Å²) in [6.45, 7) is 3.45. The van der Waals surface area contributed by atoms with E-state index in [2.05, 4.69) is 5.32 Å². The first-order valence-electron chi connectivity index (χ1n) is 7.31. The minimum Gasteiger partial charge on any atom is -0.506 e. The summed E-state index contributed by atoms with van der Waals surface area (Å²) < 4.78 is 5.39. The third-order valence-electron chi connectivity index (χ3n) is 3.55. The van der Waals surface area contributed by atoms with Crippen LogP contribution in [-0.2, 0) is 16.8 Å². The van der Waals surface area contributed by atoms with E-state index in [0.29, 0.717) is 17.9 Å². The van der Waals surface area contributed by atoms with E-state index in [4.69, 9.17) is 16.0 Å². The number of nitrogens with one attached hydrogen (secondary N) is 1. The molecule has 0 fully saturated rings. The number of hydrogen-bond donors (Lipinski definition) is 3. The molecule has 3 N–H and O–H groups in total. The van der Waals surface area contributed by atoms with Gasteiger partial charge in [-0.3, -0.25) is 4.79 Å². The molecular formula is C17H20ClNO4. The smallest absolute Gasteiger partial charge is 0.220 e. The van der Waals surface area contributed by atoms with Crippen LogP contribution < -0.4 is 5.32 Å². The van der Waals surface area contributed by atoms with Gasteiger partial charge in [-0.05, 0) is 50.1 Å². The number of halogens is 1. The highest BCUT2D eigenvalue weighted by Crippen LogP contribution is 2.24. The molecule has 0 bridgehead atoms. The molecule has 0 unspecified atom stereocenters. The lowest BCUT2D eigenvalue weighted by atomic mass is 10.0. The highest BCUT2D eigenvalue weighted by atomic mass is 35.5. The van der Waals surface area contributed by atoms with Gasteiger partial charge in [0.25, 0.3) is 0 Å².